The summed E-state index contributed by atoms with van der Waals surface area (Å²) in [4.78, 5) is 37.3. The van der Waals surface area contributed by atoms with Gasteiger partial charge in [0.2, 0.25) is 11.8 Å². The third-order valence-electron chi connectivity index (χ3n) is 7.60. The third kappa shape index (κ3) is 4.38. The van der Waals surface area contributed by atoms with Crippen LogP contribution in [0.2, 0.25) is 0 Å². The van der Waals surface area contributed by atoms with E-state index in [0.29, 0.717) is 41.0 Å². The van der Waals surface area contributed by atoms with Crippen LogP contribution in [0.15, 0.2) is 59.9 Å². The van der Waals surface area contributed by atoms with Gasteiger partial charge >= 0.3 is 0 Å². The first-order chi connectivity index (χ1) is 19.3. The molecule has 2 atom stereocenters. The smallest absolute Gasteiger partial charge is 0.257 e. The molecular weight excluding hydrogens is 579 g/mol. The van der Waals surface area contributed by atoms with Gasteiger partial charge in [-0.15, -0.1) is 5.10 Å². The normalized spacial score (nSPS) is 18.7. The number of aromatic amines is 1. The Morgan fingerprint density at radius 3 is 2.70 bits per heavy atom. The highest BCUT2D eigenvalue weighted by Gasteiger charge is 2.42. The predicted octanol–water partition coefficient (Wildman–Crippen LogP) is 5.08. The van der Waals surface area contributed by atoms with Gasteiger partial charge in [-0.2, -0.15) is 4.39 Å². The Balaban J connectivity index is 1.48. The molecule has 40 heavy (non-hydrogen) atoms. The summed E-state index contributed by atoms with van der Waals surface area (Å²) in [6, 6.07) is 11.0. The molecule has 11 heteroatoms. The van der Waals surface area contributed by atoms with Gasteiger partial charge in [0.1, 0.15) is 5.52 Å². The number of benzene rings is 2. The van der Waals surface area contributed by atoms with Crippen molar-refractivity contribution in [2.75, 3.05) is 19.6 Å². The molecule has 2 amide bonds. The van der Waals surface area contributed by atoms with Gasteiger partial charge in [0.05, 0.1) is 46.9 Å². The van der Waals surface area contributed by atoms with Gasteiger partial charge in [0.15, 0.2) is 0 Å². The first-order valence-electron chi connectivity index (χ1n) is 13.1. The fourth-order valence-electron chi connectivity index (χ4n) is 5.55. The van der Waals surface area contributed by atoms with Crippen LogP contribution in [0.1, 0.15) is 53.0 Å². The van der Waals surface area contributed by atoms with Gasteiger partial charge in [-0.1, -0.05) is 32.6 Å². The summed E-state index contributed by atoms with van der Waals surface area (Å²) >= 11 is 3.49. The highest BCUT2D eigenvalue weighted by Crippen LogP contribution is 2.41. The van der Waals surface area contributed by atoms with E-state index in [-0.39, 0.29) is 24.9 Å². The minimum Gasteiger partial charge on any atom is -0.440 e. The van der Waals surface area contributed by atoms with Crippen LogP contribution in [0, 0.1) is 0 Å². The number of halogens is 2. The first kappa shape index (κ1) is 26.2. The molecule has 0 radical (unpaired) electrons. The zero-order chi connectivity index (χ0) is 28.1. The van der Waals surface area contributed by atoms with Crippen LogP contribution in [-0.4, -0.2) is 67.4 Å². The summed E-state index contributed by atoms with van der Waals surface area (Å²) in [7, 11) is 0. The Hall–Kier alpha value is -3.99. The van der Waals surface area contributed by atoms with Gasteiger partial charge in [-0.25, -0.2) is 9.67 Å². The molecule has 2 aliphatic heterocycles. The van der Waals surface area contributed by atoms with E-state index in [2.05, 4.69) is 63.6 Å². The standard InChI is InChI=1S/C29H28BrFN6O3/c1-4-24(38)35-13-22-25-21(11-12-36(22)29(39)19-9-10-20(30)27-26(19)32-15-33-27)37(34-28(25)40-23(31)14-35)18-7-5-17(6-8-18)16(2)3/h4-10,15-16,22-23H,1,11-14H2,2-3H3,(H,32,33)/t22-,23-/m1/s1. The van der Waals surface area contributed by atoms with Crippen molar-refractivity contribution >= 4 is 38.8 Å². The summed E-state index contributed by atoms with van der Waals surface area (Å²) in [5.74, 6) is -0.171. The molecule has 9 nitrogen and oxygen atoms in total. The third-order valence-corrected chi connectivity index (χ3v) is 8.24. The molecular formula is C29H28BrFN6O3. The van der Waals surface area contributed by atoms with Crippen LogP contribution in [-0.2, 0) is 11.2 Å². The average Bonchev–Trinajstić information content (AvgIpc) is 3.57. The van der Waals surface area contributed by atoms with Crippen molar-refractivity contribution in [3.8, 4) is 11.6 Å². The van der Waals surface area contributed by atoms with Crippen LogP contribution in [0.3, 0.4) is 0 Å². The minimum absolute atomic E-state index is 0.0704. The number of amides is 2. The molecule has 4 aromatic rings. The van der Waals surface area contributed by atoms with Gasteiger partial charge in [0, 0.05) is 24.0 Å². The van der Waals surface area contributed by atoms with Crippen molar-refractivity contribution in [2.45, 2.75) is 38.6 Å². The molecule has 0 spiro atoms. The molecule has 0 aliphatic carbocycles. The largest absolute Gasteiger partial charge is 0.440 e. The Morgan fingerprint density at radius 2 is 1.98 bits per heavy atom. The van der Waals surface area contributed by atoms with Crippen LogP contribution >= 0.6 is 15.9 Å². The Bertz CT molecular complexity index is 1630. The van der Waals surface area contributed by atoms with Crippen molar-refractivity contribution < 1.29 is 18.7 Å². The number of carbonyl (C=O) groups excluding carboxylic acids is 2. The fraction of sp³-hybridized carbons (Fsp3) is 0.310. The zero-order valence-electron chi connectivity index (χ0n) is 22.1. The van der Waals surface area contributed by atoms with E-state index >= 15 is 4.39 Å². The SMILES string of the molecule is C=CC(=O)N1C[C@@H]2c3c(nn(-c4ccc(C(C)C)cc4)c3CCN2C(=O)c2ccc(Br)c3nc[nH]c23)O[C@@H](F)C1. The van der Waals surface area contributed by atoms with Crippen LogP contribution in [0.5, 0.6) is 5.88 Å². The van der Waals surface area contributed by atoms with E-state index in [0.717, 1.165) is 21.9 Å². The summed E-state index contributed by atoms with van der Waals surface area (Å²) in [6.07, 6.45) is 1.37. The molecule has 0 unspecified atom stereocenters. The van der Waals surface area contributed by atoms with Gasteiger partial charge in [-0.05, 0) is 57.8 Å². The maximum absolute atomic E-state index is 15.1. The Labute approximate surface area is 238 Å². The van der Waals surface area contributed by atoms with Gasteiger partial charge < -0.3 is 19.5 Å². The first-order valence-corrected chi connectivity index (χ1v) is 13.9. The zero-order valence-corrected chi connectivity index (χ0v) is 23.7. The molecule has 6 rings (SSSR count). The lowest BCUT2D eigenvalue weighted by atomic mass is 9.95. The molecule has 1 N–H and O–H groups in total. The van der Waals surface area contributed by atoms with Crippen LogP contribution < -0.4 is 4.74 Å². The lowest BCUT2D eigenvalue weighted by molar-refractivity contribution is -0.130. The number of rotatable bonds is 4. The topological polar surface area (TPSA) is 96.4 Å². The maximum atomic E-state index is 15.1. The van der Waals surface area contributed by atoms with Crippen LogP contribution in [0.4, 0.5) is 4.39 Å². The number of aromatic nitrogens is 4. The van der Waals surface area contributed by atoms with Crippen molar-refractivity contribution in [1.82, 2.24) is 29.5 Å². The number of hydrogen-bond donors (Lipinski definition) is 1. The monoisotopic (exact) mass is 606 g/mol. The molecule has 2 aliphatic rings. The summed E-state index contributed by atoms with van der Waals surface area (Å²) in [5, 5.41) is 4.69. The number of fused-ring (bicyclic) bond motifs is 1. The number of hydrogen-bond acceptors (Lipinski definition) is 5. The van der Waals surface area contributed by atoms with Crippen molar-refractivity contribution in [1.29, 1.82) is 0 Å². The molecule has 0 saturated heterocycles. The quantitative estimate of drug-likeness (QED) is 0.327. The van der Waals surface area contributed by atoms with Gasteiger partial charge in [0.25, 0.3) is 12.3 Å². The molecule has 4 heterocycles. The minimum atomic E-state index is -1.79. The molecule has 0 fully saturated rings. The number of nitrogens with zero attached hydrogens (tertiary/aromatic N) is 5. The van der Waals surface area contributed by atoms with E-state index in [1.807, 2.05) is 12.1 Å². The lowest BCUT2D eigenvalue weighted by Crippen LogP contribution is -2.49. The van der Waals surface area contributed by atoms with Crippen molar-refractivity contribution in [3.05, 3.63) is 82.2 Å². The summed E-state index contributed by atoms with van der Waals surface area (Å²) in [5.41, 5.74) is 5.14. The summed E-state index contributed by atoms with van der Waals surface area (Å²) < 4.78 is 23.3. The second kappa shape index (κ2) is 10.2. The predicted molar refractivity (Wildman–Crippen MR) is 151 cm³/mol. The molecule has 2 aromatic heterocycles. The highest BCUT2D eigenvalue weighted by atomic mass is 79.9. The highest BCUT2D eigenvalue weighted by molar-refractivity contribution is 9.10. The molecule has 0 saturated carbocycles. The van der Waals surface area contributed by atoms with E-state index < -0.39 is 18.3 Å². The molecule has 2 aromatic carbocycles. The number of imidazole rings is 1. The maximum Gasteiger partial charge on any atom is 0.257 e. The summed E-state index contributed by atoms with van der Waals surface area (Å²) in [6.45, 7) is 7.96. The number of H-pyrrole nitrogens is 1. The number of carbonyl (C=O) groups is 2. The van der Waals surface area contributed by atoms with E-state index in [9.17, 15) is 9.59 Å². The van der Waals surface area contributed by atoms with Crippen LogP contribution in [0.25, 0.3) is 16.7 Å². The number of nitrogens with one attached hydrogen (secondary N) is 1. The fourth-order valence-corrected chi connectivity index (χ4v) is 5.98. The Kier molecular flexibility index (Phi) is 6.69. The number of alkyl halides is 1. The van der Waals surface area contributed by atoms with E-state index in [1.54, 1.807) is 28.0 Å². The van der Waals surface area contributed by atoms with Crippen molar-refractivity contribution in [2.24, 2.45) is 0 Å². The molecule has 206 valence electrons. The lowest BCUT2D eigenvalue weighted by Gasteiger charge is -2.40. The second-order valence-electron chi connectivity index (χ2n) is 10.3. The Morgan fingerprint density at radius 1 is 1.20 bits per heavy atom. The molecule has 0 bridgehead atoms. The number of ether oxygens (including phenoxy) is 1. The van der Waals surface area contributed by atoms with Gasteiger partial charge in [-0.3, -0.25) is 9.59 Å². The average molecular weight is 607 g/mol. The van der Waals surface area contributed by atoms with E-state index in [4.69, 9.17) is 4.74 Å². The second-order valence-corrected chi connectivity index (χ2v) is 11.1. The van der Waals surface area contributed by atoms with E-state index in [1.165, 1.54) is 10.5 Å². The van der Waals surface area contributed by atoms with Crippen molar-refractivity contribution in [3.63, 3.8) is 0 Å².